The fraction of sp³-hybridized carbons (Fsp3) is 0.385. The van der Waals surface area contributed by atoms with Crippen LogP contribution in [0.4, 0.5) is 4.79 Å². The van der Waals surface area contributed by atoms with E-state index < -0.39 is 18.1 Å². The van der Waals surface area contributed by atoms with Gasteiger partial charge < -0.3 is 20.9 Å². The maximum Gasteiger partial charge on any atom is 0.408 e. The standard InChI is InChI=1S/C13H18N2O4.ClH/c14-8-4-7-11(12(16)17)15-13(18)19-9-10-5-2-1-3-6-10;/h1-3,5-6,11H,4,7-9,14H2,(H,15,18)(H,16,17);1H. The van der Waals surface area contributed by atoms with Gasteiger partial charge in [0.05, 0.1) is 0 Å². The van der Waals surface area contributed by atoms with E-state index >= 15 is 0 Å². The summed E-state index contributed by atoms with van der Waals surface area (Å²) in [5.41, 5.74) is 6.14. The molecule has 0 radical (unpaired) electrons. The zero-order valence-corrected chi connectivity index (χ0v) is 11.8. The maximum atomic E-state index is 11.5. The number of carboxylic acid groups (broad SMARTS) is 1. The summed E-state index contributed by atoms with van der Waals surface area (Å²) in [5, 5.41) is 11.2. The monoisotopic (exact) mass is 302 g/mol. The number of amides is 1. The minimum absolute atomic E-state index is 0. The van der Waals surface area contributed by atoms with Crippen molar-refractivity contribution < 1.29 is 19.4 Å². The molecule has 0 saturated carbocycles. The van der Waals surface area contributed by atoms with Crippen molar-refractivity contribution in [3.8, 4) is 0 Å². The van der Waals surface area contributed by atoms with Crippen LogP contribution in [0.2, 0.25) is 0 Å². The van der Waals surface area contributed by atoms with Gasteiger partial charge in [-0.1, -0.05) is 30.3 Å². The normalized spacial score (nSPS) is 11.1. The molecule has 1 aromatic rings. The number of hydrogen-bond acceptors (Lipinski definition) is 4. The Morgan fingerprint density at radius 1 is 1.30 bits per heavy atom. The molecule has 6 nitrogen and oxygen atoms in total. The highest BCUT2D eigenvalue weighted by Crippen LogP contribution is 2.02. The summed E-state index contributed by atoms with van der Waals surface area (Å²) in [7, 11) is 0. The number of aliphatic carboxylic acids is 1. The summed E-state index contributed by atoms with van der Waals surface area (Å²) in [5.74, 6) is -1.09. The highest BCUT2D eigenvalue weighted by molar-refractivity contribution is 5.85. The van der Waals surface area contributed by atoms with E-state index in [1.54, 1.807) is 0 Å². The molecule has 1 amide bonds. The first-order chi connectivity index (χ1) is 9.13. The number of carbonyl (C=O) groups is 2. The lowest BCUT2D eigenvalue weighted by Crippen LogP contribution is -2.41. The van der Waals surface area contributed by atoms with Crippen molar-refractivity contribution in [2.24, 2.45) is 5.73 Å². The van der Waals surface area contributed by atoms with Gasteiger partial charge in [0, 0.05) is 0 Å². The molecular weight excluding hydrogens is 284 g/mol. The molecule has 1 atom stereocenters. The summed E-state index contributed by atoms with van der Waals surface area (Å²) in [6.07, 6.45) is 0.0654. The predicted octanol–water partition coefficient (Wildman–Crippen LogP) is 1.53. The predicted molar refractivity (Wildman–Crippen MR) is 76.7 cm³/mol. The van der Waals surface area contributed by atoms with E-state index in [-0.39, 0.29) is 25.4 Å². The van der Waals surface area contributed by atoms with Crippen molar-refractivity contribution in [2.45, 2.75) is 25.5 Å². The van der Waals surface area contributed by atoms with E-state index in [9.17, 15) is 9.59 Å². The lowest BCUT2D eigenvalue weighted by molar-refractivity contribution is -0.139. The molecule has 7 heteroatoms. The number of ether oxygens (including phenoxy) is 1. The molecule has 0 bridgehead atoms. The van der Waals surface area contributed by atoms with Gasteiger partial charge in [0.1, 0.15) is 12.6 Å². The van der Waals surface area contributed by atoms with Gasteiger partial charge in [0.25, 0.3) is 0 Å². The number of carboxylic acids is 1. The molecule has 0 aliphatic heterocycles. The van der Waals surface area contributed by atoms with Crippen molar-refractivity contribution in [3.63, 3.8) is 0 Å². The van der Waals surface area contributed by atoms with Gasteiger partial charge in [-0.25, -0.2) is 9.59 Å². The van der Waals surface area contributed by atoms with E-state index in [2.05, 4.69) is 5.32 Å². The summed E-state index contributed by atoms with van der Waals surface area (Å²) in [6.45, 7) is 0.487. The second kappa shape index (κ2) is 10.1. The van der Waals surface area contributed by atoms with E-state index in [0.717, 1.165) is 5.56 Å². The zero-order valence-electron chi connectivity index (χ0n) is 11.0. The molecule has 0 spiro atoms. The van der Waals surface area contributed by atoms with Gasteiger partial charge in [-0.2, -0.15) is 0 Å². The molecule has 20 heavy (non-hydrogen) atoms. The zero-order chi connectivity index (χ0) is 14.1. The molecule has 0 fully saturated rings. The van der Waals surface area contributed by atoms with E-state index in [1.807, 2.05) is 30.3 Å². The minimum Gasteiger partial charge on any atom is -0.480 e. The number of carbonyl (C=O) groups excluding carboxylic acids is 1. The molecule has 1 unspecified atom stereocenters. The number of nitrogens with two attached hydrogens (primary N) is 1. The Hall–Kier alpha value is -1.79. The summed E-state index contributed by atoms with van der Waals surface area (Å²) in [4.78, 5) is 22.4. The summed E-state index contributed by atoms with van der Waals surface area (Å²) >= 11 is 0. The molecular formula is C13H19ClN2O4. The summed E-state index contributed by atoms with van der Waals surface area (Å²) in [6, 6.07) is 8.19. The van der Waals surface area contributed by atoms with Gasteiger partial charge in [-0.15, -0.1) is 12.4 Å². The molecule has 0 saturated heterocycles. The minimum atomic E-state index is -1.09. The molecule has 112 valence electrons. The smallest absolute Gasteiger partial charge is 0.408 e. The molecule has 0 heterocycles. The van der Waals surface area contributed by atoms with Crippen molar-refractivity contribution in [3.05, 3.63) is 35.9 Å². The Kier molecular flexibility index (Phi) is 9.15. The number of hydrogen-bond donors (Lipinski definition) is 3. The first kappa shape index (κ1) is 18.2. The molecule has 4 N–H and O–H groups in total. The molecule has 1 aromatic carbocycles. The van der Waals surface area contributed by atoms with Crippen LogP contribution in [0.25, 0.3) is 0 Å². The second-order valence-corrected chi connectivity index (χ2v) is 4.03. The van der Waals surface area contributed by atoms with Crippen LogP contribution in [0.5, 0.6) is 0 Å². The van der Waals surface area contributed by atoms with E-state index in [0.29, 0.717) is 13.0 Å². The van der Waals surface area contributed by atoms with Crippen LogP contribution in [-0.2, 0) is 16.1 Å². The van der Waals surface area contributed by atoms with Crippen molar-refractivity contribution >= 4 is 24.5 Å². The van der Waals surface area contributed by atoms with Crippen molar-refractivity contribution in [1.29, 1.82) is 0 Å². The number of alkyl carbamates (subject to hydrolysis) is 1. The van der Waals surface area contributed by atoms with Crippen LogP contribution in [0.15, 0.2) is 30.3 Å². The highest BCUT2D eigenvalue weighted by atomic mass is 35.5. The second-order valence-electron chi connectivity index (χ2n) is 4.03. The lowest BCUT2D eigenvalue weighted by atomic mass is 10.1. The third kappa shape index (κ3) is 6.96. The SMILES string of the molecule is Cl.NCCCC(NC(=O)OCc1ccccc1)C(=O)O. The van der Waals surface area contributed by atoms with Gasteiger partial charge in [0.2, 0.25) is 0 Å². The third-order valence-corrected chi connectivity index (χ3v) is 2.50. The van der Waals surface area contributed by atoms with Crippen LogP contribution >= 0.6 is 12.4 Å². The van der Waals surface area contributed by atoms with E-state index in [1.165, 1.54) is 0 Å². The molecule has 1 rings (SSSR count). The first-order valence-corrected chi connectivity index (χ1v) is 6.03. The van der Waals surface area contributed by atoms with Crippen LogP contribution in [0.3, 0.4) is 0 Å². The van der Waals surface area contributed by atoms with Crippen LogP contribution in [-0.4, -0.2) is 29.8 Å². The van der Waals surface area contributed by atoms with Gasteiger partial charge in [-0.05, 0) is 24.9 Å². The molecule has 0 aliphatic rings. The summed E-state index contributed by atoms with van der Waals surface area (Å²) < 4.78 is 4.94. The lowest BCUT2D eigenvalue weighted by Gasteiger charge is -2.14. The average Bonchev–Trinajstić information content (AvgIpc) is 2.42. The van der Waals surface area contributed by atoms with Gasteiger partial charge in [0.15, 0.2) is 0 Å². The number of nitrogens with one attached hydrogen (secondary N) is 1. The van der Waals surface area contributed by atoms with Crippen LogP contribution < -0.4 is 11.1 Å². The number of benzene rings is 1. The fourth-order valence-corrected chi connectivity index (χ4v) is 1.49. The van der Waals surface area contributed by atoms with Gasteiger partial charge >= 0.3 is 12.1 Å². The fourth-order valence-electron chi connectivity index (χ4n) is 1.49. The largest absolute Gasteiger partial charge is 0.480 e. The van der Waals surface area contributed by atoms with Crippen LogP contribution in [0.1, 0.15) is 18.4 Å². The Morgan fingerprint density at radius 2 is 1.95 bits per heavy atom. The quantitative estimate of drug-likeness (QED) is 0.709. The number of rotatable bonds is 7. The van der Waals surface area contributed by atoms with E-state index in [4.69, 9.17) is 15.6 Å². The highest BCUT2D eigenvalue weighted by Gasteiger charge is 2.19. The average molecular weight is 303 g/mol. The molecule has 0 aromatic heterocycles. The Bertz CT molecular complexity index is 414. The molecule has 0 aliphatic carbocycles. The van der Waals surface area contributed by atoms with Gasteiger partial charge in [-0.3, -0.25) is 0 Å². The Morgan fingerprint density at radius 3 is 2.50 bits per heavy atom. The maximum absolute atomic E-state index is 11.5. The Labute approximate surface area is 123 Å². The van der Waals surface area contributed by atoms with Crippen molar-refractivity contribution in [1.82, 2.24) is 5.32 Å². The van der Waals surface area contributed by atoms with Crippen molar-refractivity contribution in [2.75, 3.05) is 6.54 Å². The topological polar surface area (TPSA) is 102 Å². The third-order valence-electron chi connectivity index (χ3n) is 2.50. The first-order valence-electron chi connectivity index (χ1n) is 6.03. The van der Waals surface area contributed by atoms with Crippen LogP contribution in [0, 0.1) is 0 Å². The number of halogens is 1. The Balaban J connectivity index is 0.00000361.